The highest BCUT2D eigenvalue weighted by molar-refractivity contribution is 9.10. The summed E-state index contributed by atoms with van der Waals surface area (Å²) in [5.74, 6) is 0.958. The highest BCUT2D eigenvalue weighted by Crippen LogP contribution is 2.38. The third-order valence-corrected chi connectivity index (χ3v) is 3.40. The Morgan fingerprint density at radius 1 is 1.26 bits per heavy atom. The number of nitrogen functional groups attached to an aromatic ring is 1. The van der Waals surface area contributed by atoms with Gasteiger partial charge >= 0.3 is 0 Å². The van der Waals surface area contributed by atoms with E-state index in [1.807, 2.05) is 37.3 Å². The van der Waals surface area contributed by atoms with E-state index >= 15 is 0 Å². The van der Waals surface area contributed by atoms with Crippen LogP contribution >= 0.6 is 15.9 Å². The summed E-state index contributed by atoms with van der Waals surface area (Å²) in [6, 6.07) is 9.68. The first kappa shape index (κ1) is 12.0. The normalized spacial score (nSPS) is 10.8. The molecule has 0 aliphatic rings. The van der Waals surface area contributed by atoms with Crippen molar-refractivity contribution < 1.29 is 8.94 Å². The summed E-state index contributed by atoms with van der Waals surface area (Å²) in [5, 5.41) is 4.02. The van der Waals surface area contributed by atoms with Gasteiger partial charge in [0.1, 0.15) is 0 Å². The Morgan fingerprint density at radius 3 is 2.79 bits per heavy atom. The molecule has 3 aromatic rings. The summed E-state index contributed by atoms with van der Waals surface area (Å²) >= 11 is 3.44. The van der Waals surface area contributed by atoms with Gasteiger partial charge in [-0.05, 0) is 36.2 Å². The molecule has 4 nitrogen and oxygen atoms in total. The standard InChI is InChI=1S/C14H11BrN2O2/c1-8-5-6-18-13(8)12-11(14(16)19-17-12)9-3-2-4-10(15)7-9/h2-7H,16H2,1H3. The zero-order valence-electron chi connectivity index (χ0n) is 10.2. The van der Waals surface area contributed by atoms with Crippen molar-refractivity contribution in [2.45, 2.75) is 6.92 Å². The number of hydrogen-bond donors (Lipinski definition) is 1. The zero-order valence-corrected chi connectivity index (χ0v) is 11.8. The smallest absolute Gasteiger partial charge is 0.230 e. The number of furan rings is 1. The lowest BCUT2D eigenvalue weighted by Gasteiger charge is -2.02. The van der Waals surface area contributed by atoms with Crippen LogP contribution in [0.3, 0.4) is 0 Å². The topological polar surface area (TPSA) is 65.2 Å². The van der Waals surface area contributed by atoms with E-state index in [9.17, 15) is 0 Å². The second-order valence-electron chi connectivity index (χ2n) is 4.21. The van der Waals surface area contributed by atoms with E-state index in [2.05, 4.69) is 21.1 Å². The van der Waals surface area contributed by atoms with E-state index < -0.39 is 0 Å². The number of hydrogen-bond acceptors (Lipinski definition) is 4. The van der Waals surface area contributed by atoms with Gasteiger partial charge in [0.05, 0.1) is 11.8 Å². The Bertz CT molecular complexity index is 731. The maximum Gasteiger partial charge on any atom is 0.230 e. The molecular weight excluding hydrogens is 308 g/mol. The van der Waals surface area contributed by atoms with Crippen molar-refractivity contribution in [1.29, 1.82) is 0 Å². The second-order valence-corrected chi connectivity index (χ2v) is 5.13. The summed E-state index contributed by atoms with van der Waals surface area (Å²) in [7, 11) is 0. The molecule has 0 amide bonds. The van der Waals surface area contributed by atoms with E-state index in [1.165, 1.54) is 0 Å². The Kier molecular flexibility index (Phi) is 2.91. The third-order valence-electron chi connectivity index (χ3n) is 2.91. The molecule has 0 spiro atoms. The van der Waals surface area contributed by atoms with E-state index in [0.717, 1.165) is 21.2 Å². The van der Waals surface area contributed by atoms with Crippen molar-refractivity contribution in [3.63, 3.8) is 0 Å². The molecule has 19 heavy (non-hydrogen) atoms. The molecule has 0 bridgehead atoms. The molecule has 5 heteroatoms. The quantitative estimate of drug-likeness (QED) is 0.766. The fourth-order valence-electron chi connectivity index (χ4n) is 2.00. The largest absolute Gasteiger partial charge is 0.462 e. The van der Waals surface area contributed by atoms with Gasteiger partial charge in [0.2, 0.25) is 5.88 Å². The first-order chi connectivity index (χ1) is 9.16. The number of aromatic nitrogens is 1. The molecule has 0 saturated heterocycles. The van der Waals surface area contributed by atoms with Crippen LogP contribution in [-0.4, -0.2) is 5.16 Å². The number of rotatable bonds is 2. The van der Waals surface area contributed by atoms with Crippen molar-refractivity contribution in [2.24, 2.45) is 0 Å². The maximum atomic E-state index is 5.89. The third kappa shape index (κ3) is 2.06. The van der Waals surface area contributed by atoms with Crippen LogP contribution in [0.5, 0.6) is 0 Å². The Balaban J connectivity index is 2.22. The molecule has 0 aliphatic heterocycles. The van der Waals surface area contributed by atoms with E-state index in [0.29, 0.717) is 11.5 Å². The maximum absolute atomic E-state index is 5.89. The van der Waals surface area contributed by atoms with Crippen LogP contribution in [0.25, 0.3) is 22.6 Å². The van der Waals surface area contributed by atoms with Crippen molar-refractivity contribution in [1.82, 2.24) is 5.16 Å². The average molecular weight is 319 g/mol. The minimum Gasteiger partial charge on any atom is -0.462 e. The highest BCUT2D eigenvalue weighted by Gasteiger charge is 2.21. The van der Waals surface area contributed by atoms with Gasteiger partial charge in [-0.1, -0.05) is 33.2 Å². The number of benzene rings is 1. The minimum atomic E-state index is 0.281. The van der Waals surface area contributed by atoms with E-state index in [4.69, 9.17) is 14.7 Å². The summed E-state index contributed by atoms with van der Waals surface area (Å²) in [5.41, 5.74) is 9.19. The number of halogens is 1. The van der Waals surface area contributed by atoms with Crippen LogP contribution in [0, 0.1) is 6.92 Å². The summed E-state index contributed by atoms with van der Waals surface area (Å²) in [6.07, 6.45) is 1.63. The van der Waals surface area contributed by atoms with Crippen molar-refractivity contribution >= 4 is 21.8 Å². The number of aryl methyl sites for hydroxylation is 1. The van der Waals surface area contributed by atoms with Crippen LogP contribution in [-0.2, 0) is 0 Å². The Hall–Kier alpha value is -2.01. The monoisotopic (exact) mass is 318 g/mol. The first-order valence-corrected chi connectivity index (χ1v) is 6.51. The first-order valence-electron chi connectivity index (χ1n) is 5.72. The van der Waals surface area contributed by atoms with Crippen LogP contribution in [0.15, 0.2) is 50.0 Å². The molecular formula is C14H11BrN2O2. The summed E-state index contributed by atoms with van der Waals surface area (Å²) in [4.78, 5) is 0. The van der Waals surface area contributed by atoms with Crippen LogP contribution in [0.2, 0.25) is 0 Å². The number of anilines is 1. The van der Waals surface area contributed by atoms with Gasteiger partial charge < -0.3 is 14.7 Å². The fraction of sp³-hybridized carbons (Fsp3) is 0.0714. The molecule has 0 aliphatic carbocycles. The Morgan fingerprint density at radius 2 is 2.11 bits per heavy atom. The molecule has 96 valence electrons. The molecule has 2 N–H and O–H groups in total. The van der Waals surface area contributed by atoms with Crippen LogP contribution in [0.4, 0.5) is 5.88 Å². The van der Waals surface area contributed by atoms with Gasteiger partial charge in [0, 0.05) is 4.47 Å². The SMILES string of the molecule is Cc1ccoc1-c1noc(N)c1-c1cccc(Br)c1. The highest BCUT2D eigenvalue weighted by atomic mass is 79.9. The molecule has 0 unspecified atom stereocenters. The molecule has 3 rings (SSSR count). The van der Waals surface area contributed by atoms with E-state index in [1.54, 1.807) is 6.26 Å². The Labute approximate surface area is 118 Å². The van der Waals surface area contributed by atoms with Gasteiger partial charge in [-0.25, -0.2) is 0 Å². The average Bonchev–Trinajstić information content (AvgIpc) is 2.95. The second kappa shape index (κ2) is 4.59. The van der Waals surface area contributed by atoms with Gasteiger partial charge in [-0.2, -0.15) is 0 Å². The van der Waals surface area contributed by atoms with Gasteiger partial charge in [-0.3, -0.25) is 0 Å². The van der Waals surface area contributed by atoms with Gasteiger partial charge in [0.15, 0.2) is 11.5 Å². The molecule has 0 atom stereocenters. The predicted octanol–water partition coefficient (Wildman–Crippen LogP) is 4.25. The molecule has 2 heterocycles. The molecule has 1 aromatic carbocycles. The van der Waals surface area contributed by atoms with Crippen LogP contribution < -0.4 is 5.73 Å². The van der Waals surface area contributed by atoms with Crippen LogP contribution in [0.1, 0.15) is 5.56 Å². The minimum absolute atomic E-state index is 0.281. The van der Waals surface area contributed by atoms with Crippen molar-refractivity contribution in [3.05, 3.63) is 46.6 Å². The lowest BCUT2D eigenvalue weighted by Crippen LogP contribution is -1.88. The molecule has 0 radical (unpaired) electrons. The number of nitrogens with zero attached hydrogens (tertiary/aromatic N) is 1. The van der Waals surface area contributed by atoms with E-state index in [-0.39, 0.29) is 5.88 Å². The predicted molar refractivity (Wildman–Crippen MR) is 76.5 cm³/mol. The summed E-state index contributed by atoms with van der Waals surface area (Å²) < 4.78 is 11.6. The molecule has 0 saturated carbocycles. The van der Waals surface area contributed by atoms with Gasteiger partial charge in [0.25, 0.3) is 0 Å². The lowest BCUT2D eigenvalue weighted by molar-refractivity contribution is 0.435. The van der Waals surface area contributed by atoms with Crippen molar-refractivity contribution in [3.8, 4) is 22.6 Å². The zero-order chi connectivity index (χ0) is 13.4. The van der Waals surface area contributed by atoms with Crippen molar-refractivity contribution in [2.75, 3.05) is 5.73 Å². The molecule has 2 aromatic heterocycles. The fourth-order valence-corrected chi connectivity index (χ4v) is 2.40. The lowest BCUT2D eigenvalue weighted by atomic mass is 10.0. The molecule has 0 fully saturated rings. The van der Waals surface area contributed by atoms with Gasteiger partial charge in [-0.15, -0.1) is 0 Å². The number of nitrogens with two attached hydrogens (primary N) is 1. The summed E-state index contributed by atoms with van der Waals surface area (Å²) in [6.45, 7) is 1.95.